The topological polar surface area (TPSA) is 24.7 Å². The van der Waals surface area contributed by atoms with Gasteiger partial charge in [0.05, 0.1) is 10.3 Å². The van der Waals surface area contributed by atoms with Gasteiger partial charge in [0.25, 0.3) is 0 Å². The van der Waals surface area contributed by atoms with Gasteiger partial charge in [0.15, 0.2) is 0 Å². The lowest BCUT2D eigenvalue weighted by molar-refractivity contribution is 0.584. The first kappa shape index (κ1) is 13.5. The van der Waals surface area contributed by atoms with E-state index in [2.05, 4.69) is 20.3 Å². The number of rotatable bonds is 4. The molecule has 0 aliphatic rings. The molecule has 0 N–H and O–H groups in total. The number of thiocarbonyl (C=S) groups is 2. The number of hydrogen-bond acceptors (Lipinski definition) is 4. The van der Waals surface area contributed by atoms with Gasteiger partial charge < -0.3 is 0 Å². The first-order chi connectivity index (χ1) is 9.33. The molecule has 0 atom stereocenters. The molecular weight excluding hydrogens is 272 g/mol. The van der Waals surface area contributed by atoms with Crippen LogP contribution in [0.2, 0.25) is 0 Å². The summed E-state index contributed by atoms with van der Waals surface area (Å²) >= 11 is 9.55. The molecule has 0 saturated carbocycles. The van der Waals surface area contributed by atoms with E-state index < -0.39 is 5.66 Å². The van der Waals surface area contributed by atoms with E-state index in [0.29, 0.717) is 0 Å². The van der Waals surface area contributed by atoms with Gasteiger partial charge in [0, 0.05) is 11.1 Å². The Morgan fingerprint density at radius 3 is 1.37 bits per heavy atom. The standard InChI is InChI=1S/C15H10N2S2/c18-11-16-15(17-12-19,13-7-3-1-4-8-13)14-9-5-2-6-10-14/h1-10H. The fourth-order valence-corrected chi connectivity index (χ4v) is 2.19. The van der Waals surface area contributed by atoms with Gasteiger partial charge in [-0.25, -0.2) is 0 Å². The van der Waals surface area contributed by atoms with Crippen molar-refractivity contribution in [2.75, 3.05) is 0 Å². The van der Waals surface area contributed by atoms with E-state index in [-0.39, 0.29) is 0 Å². The van der Waals surface area contributed by atoms with Crippen LogP contribution in [0.15, 0.2) is 70.6 Å². The molecule has 0 bridgehead atoms. The second-order valence-corrected chi connectivity index (χ2v) is 4.18. The Hall–Kier alpha value is -1.96. The molecule has 0 heterocycles. The molecule has 0 aliphatic carbocycles. The predicted octanol–water partition coefficient (Wildman–Crippen LogP) is 4.09. The quantitative estimate of drug-likeness (QED) is 0.623. The van der Waals surface area contributed by atoms with Crippen molar-refractivity contribution in [2.45, 2.75) is 5.66 Å². The maximum absolute atomic E-state index is 4.78. The zero-order valence-corrected chi connectivity index (χ0v) is 11.6. The highest BCUT2D eigenvalue weighted by Crippen LogP contribution is 2.34. The molecule has 0 aliphatic heterocycles. The molecule has 2 rings (SSSR count). The first-order valence-electron chi connectivity index (χ1n) is 5.62. The van der Waals surface area contributed by atoms with Crippen molar-refractivity contribution in [3.8, 4) is 0 Å². The van der Waals surface area contributed by atoms with Crippen molar-refractivity contribution >= 4 is 34.8 Å². The lowest BCUT2D eigenvalue weighted by Crippen LogP contribution is -2.22. The van der Waals surface area contributed by atoms with E-state index in [1.807, 2.05) is 60.7 Å². The van der Waals surface area contributed by atoms with Gasteiger partial charge in [-0.1, -0.05) is 60.7 Å². The molecule has 2 nitrogen and oxygen atoms in total. The summed E-state index contributed by atoms with van der Waals surface area (Å²) in [6, 6.07) is 19.3. The summed E-state index contributed by atoms with van der Waals surface area (Å²) < 4.78 is 0. The van der Waals surface area contributed by atoms with Gasteiger partial charge in [-0.3, -0.25) is 0 Å². The van der Waals surface area contributed by atoms with Crippen LogP contribution in [0.25, 0.3) is 0 Å². The van der Waals surface area contributed by atoms with Crippen molar-refractivity contribution < 1.29 is 0 Å². The van der Waals surface area contributed by atoms with Gasteiger partial charge in [-0.05, 0) is 24.4 Å². The minimum atomic E-state index is -0.994. The molecule has 92 valence electrons. The van der Waals surface area contributed by atoms with Crippen LogP contribution in [0, 0.1) is 0 Å². The van der Waals surface area contributed by atoms with E-state index in [4.69, 9.17) is 24.4 Å². The number of aliphatic imine (C=N–C) groups is 2. The third-order valence-electron chi connectivity index (χ3n) is 2.77. The Morgan fingerprint density at radius 1 is 0.684 bits per heavy atom. The van der Waals surface area contributed by atoms with Gasteiger partial charge in [0.1, 0.15) is 0 Å². The third-order valence-corrected chi connectivity index (χ3v) is 2.95. The molecular formula is C15H10N2S2. The fraction of sp³-hybridized carbons (Fsp3) is 0.0667. The minimum absolute atomic E-state index is 0.871. The maximum Gasteiger partial charge on any atom is 0.220 e. The summed E-state index contributed by atoms with van der Waals surface area (Å²) in [6.07, 6.45) is 0. The smallest absolute Gasteiger partial charge is 0.191 e. The molecule has 0 fully saturated rings. The van der Waals surface area contributed by atoms with E-state index >= 15 is 0 Å². The van der Waals surface area contributed by atoms with E-state index in [1.54, 1.807) is 0 Å². The highest BCUT2D eigenvalue weighted by Gasteiger charge is 2.33. The lowest BCUT2D eigenvalue weighted by atomic mass is 9.92. The van der Waals surface area contributed by atoms with Crippen molar-refractivity contribution in [3.63, 3.8) is 0 Å². The molecule has 19 heavy (non-hydrogen) atoms. The monoisotopic (exact) mass is 282 g/mol. The van der Waals surface area contributed by atoms with Crippen LogP contribution in [0.3, 0.4) is 0 Å². The Labute approximate surface area is 122 Å². The van der Waals surface area contributed by atoms with Crippen LogP contribution in [0.1, 0.15) is 11.1 Å². The normalized spacial score (nSPS) is 10.1. The van der Waals surface area contributed by atoms with Crippen LogP contribution in [-0.2, 0) is 5.66 Å². The first-order valence-corrected chi connectivity index (χ1v) is 6.44. The van der Waals surface area contributed by atoms with Crippen molar-refractivity contribution in [3.05, 3.63) is 71.8 Å². The summed E-state index contributed by atoms with van der Waals surface area (Å²) in [4.78, 5) is 8.51. The highest BCUT2D eigenvalue weighted by atomic mass is 32.1. The molecule has 0 unspecified atom stereocenters. The highest BCUT2D eigenvalue weighted by molar-refractivity contribution is 7.78. The van der Waals surface area contributed by atoms with Crippen molar-refractivity contribution in [1.29, 1.82) is 0 Å². The lowest BCUT2D eigenvalue weighted by Gasteiger charge is -2.23. The van der Waals surface area contributed by atoms with Gasteiger partial charge in [0.2, 0.25) is 5.66 Å². The average Bonchev–Trinajstić information content (AvgIpc) is 2.49. The van der Waals surface area contributed by atoms with Crippen LogP contribution in [-0.4, -0.2) is 10.3 Å². The SMILES string of the molecule is S=C=NC(N=C=S)(c1ccccc1)c1ccccc1. The molecule has 2 aromatic carbocycles. The number of hydrogen-bond donors (Lipinski definition) is 0. The van der Waals surface area contributed by atoms with Crippen LogP contribution in [0.4, 0.5) is 0 Å². The van der Waals surface area contributed by atoms with Crippen LogP contribution in [0.5, 0.6) is 0 Å². The van der Waals surface area contributed by atoms with E-state index in [1.165, 1.54) is 0 Å². The molecule has 0 spiro atoms. The molecule has 0 saturated heterocycles. The summed E-state index contributed by atoms with van der Waals surface area (Å²) in [5.41, 5.74) is 0.748. The minimum Gasteiger partial charge on any atom is -0.191 e. The van der Waals surface area contributed by atoms with Gasteiger partial charge in [-0.2, -0.15) is 9.98 Å². The van der Waals surface area contributed by atoms with Crippen LogP contribution >= 0.6 is 24.4 Å². The van der Waals surface area contributed by atoms with Crippen molar-refractivity contribution in [2.24, 2.45) is 9.98 Å². The van der Waals surface area contributed by atoms with Gasteiger partial charge >= 0.3 is 0 Å². The van der Waals surface area contributed by atoms with Crippen LogP contribution < -0.4 is 0 Å². The summed E-state index contributed by atoms with van der Waals surface area (Å²) in [6.45, 7) is 0. The molecule has 0 radical (unpaired) electrons. The zero-order valence-electron chi connectivity index (χ0n) is 9.98. The molecule has 0 amide bonds. The number of benzene rings is 2. The predicted molar refractivity (Wildman–Crippen MR) is 83.7 cm³/mol. The number of nitrogens with zero attached hydrogens (tertiary/aromatic N) is 2. The van der Waals surface area contributed by atoms with Crippen molar-refractivity contribution in [1.82, 2.24) is 0 Å². The zero-order chi connectivity index (χ0) is 13.6. The largest absolute Gasteiger partial charge is 0.220 e. The van der Waals surface area contributed by atoms with E-state index in [9.17, 15) is 0 Å². The Balaban J connectivity index is 2.75. The third kappa shape index (κ3) is 2.73. The van der Waals surface area contributed by atoms with E-state index in [0.717, 1.165) is 11.1 Å². The Bertz CT molecular complexity index is 581. The summed E-state index contributed by atoms with van der Waals surface area (Å²) in [7, 11) is 0. The molecule has 0 aromatic heterocycles. The Kier molecular flexibility index (Phi) is 4.45. The fourth-order valence-electron chi connectivity index (χ4n) is 1.92. The molecule has 2 aromatic rings. The Morgan fingerprint density at radius 2 is 1.05 bits per heavy atom. The second-order valence-electron chi connectivity index (χ2n) is 3.81. The number of isothiocyanates is 2. The summed E-state index contributed by atoms with van der Waals surface area (Å²) in [5, 5.41) is 4.84. The average molecular weight is 282 g/mol. The van der Waals surface area contributed by atoms with Gasteiger partial charge in [-0.15, -0.1) is 0 Å². The molecule has 4 heteroatoms. The second kappa shape index (κ2) is 6.28. The maximum atomic E-state index is 4.78. The summed E-state index contributed by atoms with van der Waals surface area (Å²) in [5.74, 6) is 0.